The summed E-state index contributed by atoms with van der Waals surface area (Å²) in [6.07, 6.45) is 3.83. The summed E-state index contributed by atoms with van der Waals surface area (Å²) in [4.78, 5) is 24.1. The predicted octanol–water partition coefficient (Wildman–Crippen LogP) is 4.91. The number of benzene rings is 3. The molecule has 3 aromatic carbocycles. The number of amides is 3. The van der Waals surface area contributed by atoms with Crippen LogP contribution in [0.4, 0.5) is 15.3 Å². The zero-order chi connectivity index (χ0) is 28.7. The Morgan fingerprint density at radius 2 is 1.61 bits per heavy atom. The highest BCUT2D eigenvalue weighted by Gasteiger charge is 2.09. The second-order valence-corrected chi connectivity index (χ2v) is 9.16. The number of aromatic nitrogens is 1. The number of nitrogens with one attached hydrogen (secondary N) is 3. The van der Waals surface area contributed by atoms with Crippen molar-refractivity contribution in [1.29, 1.82) is 0 Å². The van der Waals surface area contributed by atoms with Gasteiger partial charge >= 0.3 is 12.1 Å². The van der Waals surface area contributed by atoms with Crippen molar-refractivity contribution in [2.45, 2.75) is 19.7 Å². The molecule has 0 saturated carbocycles. The van der Waals surface area contributed by atoms with Gasteiger partial charge < -0.3 is 30.2 Å². The second-order valence-electron chi connectivity index (χ2n) is 9.16. The van der Waals surface area contributed by atoms with Crippen LogP contribution in [0.5, 0.6) is 5.75 Å². The van der Waals surface area contributed by atoms with Crippen LogP contribution in [-0.4, -0.2) is 39.0 Å². The Kier molecular flexibility index (Phi) is 11.1. The van der Waals surface area contributed by atoms with Gasteiger partial charge in [-0.1, -0.05) is 54.6 Å². The van der Waals surface area contributed by atoms with Crippen molar-refractivity contribution in [2.75, 3.05) is 32.2 Å². The Morgan fingerprint density at radius 1 is 0.829 bits per heavy atom. The van der Waals surface area contributed by atoms with Crippen LogP contribution in [0, 0.1) is 0 Å². The van der Waals surface area contributed by atoms with Gasteiger partial charge in [0.1, 0.15) is 5.75 Å². The minimum atomic E-state index is -0.526. The first-order chi connectivity index (χ1) is 20.1. The molecule has 9 nitrogen and oxygen atoms in total. The molecule has 0 aliphatic carbocycles. The number of alkyl carbamates (subject to hydrolysis) is 1. The second kappa shape index (κ2) is 15.6. The molecule has 0 saturated heterocycles. The van der Waals surface area contributed by atoms with Gasteiger partial charge in [-0.2, -0.15) is 4.57 Å². The summed E-state index contributed by atoms with van der Waals surface area (Å²) in [7, 11) is 1.56. The highest BCUT2D eigenvalue weighted by Crippen LogP contribution is 2.24. The fourth-order valence-electron chi connectivity index (χ4n) is 4.11. The first kappa shape index (κ1) is 29.1. The minimum Gasteiger partial charge on any atom is -0.493 e. The average Bonchev–Trinajstić information content (AvgIpc) is 3.01. The summed E-state index contributed by atoms with van der Waals surface area (Å²) in [6.45, 7) is 1.68. The van der Waals surface area contributed by atoms with E-state index in [0.717, 1.165) is 17.7 Å². The number of pyridine rings is 1. The summed E-state index contributed by atoms with van der Waals surface area (Å²) in [5.41, 5.74) is 5.13. The predicted molar refractivity (Wildman–Crippen MR) is 156 cm³/mol. The van der Waals surface area contributed by atoms with E-state index in [-0.39, 0.29) is 12.8 Å². The number of urea groups is 1. The number of hydrogen-bond donors (Lipinski definition) is 3. The molecule has 0 atom stereocenters. The molecular weight excluding hydrogens is 520 g/mol. The van der Waals surface area contributed by atoms with Crippen LogP contribution in [0.2, 0.25) is 0 Å². The van der Waals surface area contributed by atoms with Gasteiger partial charge in [-0.05, 0) is 47.0 Å². The van der Waals surface area contributed by atoms with Gasteiger partial charge in [0.05, 0.1) is 19.8 Å². The number of rotatable bonds is 13. The van der Waals surface area contributed by atoms with E-state index in [0.29, 0.717) is 32.0 Å². The third-order valence-corrected chi connectivity index (χ3v) is 6.15. The van der Waals surface area contributed by atoms with Crippen LogP contribution in [0.3, 0.4) is 0 Å². The van der Waals surface area contributed by atoms with Crippen LogP contribution < -0.4 is 25.3 Å². The van der Waals surface area contributed by atoms with E-state index in [1.54, 1.807) is 36.2 Å². The van der Waals surface area contributed by atoms with Crippen LogP contribution in [0.25, 0.3) is 11.1 Å². The zero-order valence-corrected chi connectivity index (χ0v) is 23.0. The third kappa shape index (κ3) is 9.66. The van der Waals surface area contributed by atoms with E-state index >= 15 is 0 Å². The lowest BCUT2D eigenvalue weighted by Crippen LogP contribution is -2.39. The molecule has 0 radical (unpaired) electrons. The van der Waals surface area contributed by atoms with Gasteiger partial charge in [0, 0.05) is 37.4 Å². The first-order valence-electron chi connectivity index (χ1n) is 13.4. The Hall–Kier alpha value is -4.89. The number of carbonyl (C=O) groups excluding carboxylic acids is 2. The molecule has 1 aromatic heterocycles. The molecule has 4 rings (SSSR count). The Morgan fingerprint density at radius 3 is 2.41 bits per heavy atom. The lowest BCUT2D eigenvalue weighted by atomic mass is 9.98. The number of methoxy groups -OCH3 is 1. The lowest BCUT2D eigenvalue weighted by Gasteiger charge is -2.12. The molecule has 0 aliphatic rings. The number of anilines is 1. The minimum absolute atomic E-state index is 0.0484. The third-order valence-electron chi connectivity index (χ3n) is 6.15. The number of carbonyl (C=O) groups is 2. The Balaban J connectivity index is 1.19. The molecule has 212 valence electrons. The van der Waals surface area contributed by atoms with Gasteiger partial charge in [0.25, 0.3) is 6.73 Å². The maximum atomic E-state index is 12.4. The topological polar surface area (TPSA) is 102 Å². The summed E-state index contributed by atoms with van der Waals surface area (Å²) in [5, 5.41) is 8.24. The molecule has 3 amide bonds. The largest absolute Gasteiger partial charge is 0.493 e. The van der Waals surface area contributed by atoms with E-state index < -0.39 is 6.09 Å². The van der Waals surface area contributed by atoms with Crippen molar-refractivity contribution < 1.29 is 28.4 Å². The quantitative estimate of drug-likeness (QED) is 0.161. The molecule has 3 N–H and O–H groups in total. The molecule has 0 fully saturated rings. The van der Waals surface area contributed by atoms with Gasteiger partial charge in [0.15, 0.2) is 12.4 Å². The van der Waals surface area contributed by atoms with Crippen molar-refractivity contribution in [3.8, 4) is 16.9 Å². The van der Waals surface area contributed by atoms with Gasteiger partial charge in [-0.25, -0.2) is 9.59 Å². The van der Waals surface area contributed by atoms with Crippen molar-refractivity contribution >= 4 is 17.8 Å². The maximum absolute atomic E-state index is 12.4. The summed E-state index contributed by atoms with van der Waals surface area (Å²) in [5.74, 6) is 0.733. The van der Waals surface area contributed by atoms with Crippen LogP contribution in [0.1, 0.15) is 11.1 Å². The monoisotopic (exact) mass is 555 g/mol. The van der Waals surface area contributed by atoms with Crippen molar-refractivity contribution in [3.05, 3.63) is 115 Å². The normalized spacial score (nSPS) is 10.5. The van der Waals surface area contributed by atoms with E-state index in [1.165, 1.54) is 16.7 Å². The van der Waals surface area contributed by atoms with Crippen LogP contribution >= 0.6 is 0 Å². The number of ether oxygens (including phenoxy) is 3. The molecule has 0 unspecified atom stereocenters. The van der Waals surface area contributed by atoms with E-state index in [4.69, 9.17) is 14.2 Å². The van der Waals surface area contributed by atoms with Gasteiger partial charge in [-0.3, -0.25) is 0 Å². The molecule has 0 spiro atoms. The smallest absolute Gasteiger partial charge is 0.412 e. The standard InChI is InChI=1S/C32H34N4O5/c1-39-21-18-33-32(38)41-24-36-19-7-8-25(23-36)22-34-31(37)35-28-13-15-29(16-14-28)40-20-17-27-11-5-6-12-30(27)26-9-3-2-4-10-26/h2-16,19,23H,17-18,20-22,24H2,1H3,(H2-,33,34,35,37,38)/p+1. The molecular formula is C32H35N4O5+. The Bertz CT molecular complexity index is 1400. The van der Waals surface area contributed by atoms with E-state index in [9.17, 15) is 9.59 Å². The fourth-order valence-corrected chi connectivity index (χ4v) is 4.11. The fraction of sp³-hybridized carbons (Fsp3) is 0.219. The summed E-state index contributed by atoms with van der Waals surface area (Å²) < 4.78 is 17.7. The van der Waals surface area contributed by atoms with E-state index in [1.807, 2.05) is 48.5 Å². The summed E-state index contributed by atoms with van der Waals surface area (Å²) in [6, 6.07) is 29.3. The molecule has 0 aliphatic heterocycles. The highest BCUT2D eigenvalue weighted by atomic mass is 16.6. The van der Waals surface area contributed by atoms with Crippen LogP contribution in [-0.2, 0) is 29.2 Å². The SMILES string of the molecule is COCCNC(=O)OC[n+]1cccc(CNC(=O)Nc2ccc(OCCc3ccccc3-c3ccccc3)cc2)c1. The summed E-state index contributed by atoms with van der Waals surface area (Å²) >= 11 is 0. The first-order valence-corrected chi connectivity index (χ1v) is 13.4. The van der Waals surface area contributed by atoms with Crippen LogP contribution in [0.15, 0.2) is 103 Å². The van der Waals surface area contributed by atoms with Crippen molar-refractivity contribution in [2.24, 2.45) is 0 Å². The van der Waals surface area contributed by atoms with Gasteiger partial charge in [-0.15, -0.1) is 0 Å². The molecule has 4 aromatic rings. The maximum Gasteiger partial charge on any atom is 0.412 e. The molecule has 9 heteroatoms. The van der Waals surface area contributed by atoms with E-state index in [2.05, 4.69) is 46.3 Å². The lowest BCUT2D eigenvalue weighted by molar-refractivity contribution is -0.727. The Labute approximate surface area is 240 Å². The highest BCUT2D eigenvalue weighted by molar-refractivity contribution is 5.89. The molecule has 41 heavy (non-hydrogen) atoms. The number of nitrogens with zero attached hydrogens (tertiary/aromatic N) is 1. The zero-order valence-electron chi connectivity index (χ0n) is 23.0. The van der Waals surface area contributed by atoms with Crippen molar-refractivity contribution in [1.82, 2.24) is 10.6 Å². The molecule has 1 heterocycles. The molecule has 0 bridgehead atoms. The van der Waals surface area contributed by atoms with Crippen molar-refractivity contribution in [3.63, 3.8) is 0 Å². The van der Waals surface area contributed by atoms with Gasteiger partial charge in [0.2, 0.25) is 0 Å². The average molecular weight is 556 g/mol. The number of hydrogen-bond acceptors (Lipinski definition) is 5.